The van der Waals surface area contributed by atoms with Crippen molar-refractivity contribution in [2.75, 3.05) is 13.2 Å². The maximum Gasteiger partial charge on any atom is 0.258 e. The maximum atomic E-state index is 12.8. The van der Waals surface area contributed by atoms with Crippen LogP contribution in [0.2, 0.25) is 0 Å². The molecule has 3 aromatic rings. The van der Waals surface area contributed by atoms with Gasteiger partial charge in [-0.3, -0.25) is 4.79 Å². The summed E-state index contributed by atoms with van der Waals surface area (Å²) < 4.78 is 18.3. The summed E-state index contributed by atoms with van der Waals surface area (Å²) in [6.45, 7) is 0.321. The summed E-state index contributed by atoms with van der Waals surface area (Å²) in [6.07, 6.45) is 2.27. The van der Waals surface area contributed by atoms with Gasteiger partial charge in [0.25, 0.3) is 5.91 Å². The van der Waals surface area contributed by atoms with Crippen molar-refractivity contribution in [3.63, 3.8) is 0 Å². The highest BCUT2D eigenvalue weighted by Crippen LogP contribution is 2.20. The molecule has 0 spiro atoms. The zero-order valence-corrected chi connectivity index (χ0v) is 12.9. The summed E-state index contributed by atoms with van der Waals surface area (Å²) in [5, 5.41) is 12.3. The maximum absolute atomic E-state index is 12.8. The molecule has 0 aliphatic rings. The van der Waals surface area contributed by atoms with E-state index in [2.05, 4.69) is 15.5 Å². The molecular weight excluding hydrogens is 309 g/mol. The second-order valence-corrected chi connectivity index (χ2v) is 5.25. The minimum Gasteiger partial charge on any atom is -0.466 e. The number of carbonyl (C=O) groups is 1. The second kappa shape index (κ2) is 7.50. The Morgan fingerprint density at radius 2 is 1.92 bits per heavy atom. The molecule has 1 aromatic heterocycles. The lowest BCUT2D eigenvalue weighted by atomic mass is 10.1. The summed E-state index contributed by atoms with van der Waals surface area (Å²) in [7, 11) is 0. The minimum absolute atomic E-state index is 0.133. The van der Waals surface area contributed by atoms with Crippen LogP contribution in [0.25, 0.3) is 10.8 Å². The second-order valence-electron chi connectivity index (χ2n) is 5.25. The third kappa shape index (κ3) is 4.04. The van der Waals surface area contributed by atoms with Crippen LogP contribution >= 0.6 is 0 Å². The Morgan fingerprint density at radius 3 is 2.75 bits per heavy atom. The van der Waals surface area contributed by atoms with Crippen LogP contribution in [-0.4, -0.2) is 29.3 Å². The lowest BCUT2D eigenvalue weighted by Crippen LogP contribution is -2.30. The molecule has 2 aromatic carbocycles. The van der Waals surface area contributed by atoms with Crippen LogP contribution < -0.4 is 10.1 Å². The smallest absolute Gasteiger partial charge is 0.258 e. The van der Waals surface area contributed by atoms with Crippen molar-refractivity contribution in [3.05, 3.63) is 66.1 Å². The van der Waals surface area contributed by atoms with Gasteiger partial charge in [-0.25, -0.2) is 4.39 Å². The lowest BCUT2D eigenvalue weighted by molar-refractivity contribution is -0.123. The number of benzene rings is 2. The van der Waals surface area contributed by atoms with E-state index in [9.17, 15) is 9.18 Å². The molecule has 1 amide bonds. The van der Waals surface area contributed by atoms with Crippen LogP contribution in [0, 0.1) is 5.82 Å². The Kier molecular flexibility index (Phi) is 4.96. The van der Waals surface area contributed by atoms with E-state index in [0.717, 1.165) is 16.3 Å². The quantitative estimate of drug-likeness (QED) is 0.756. The van der Waals surface area contributed by atoms with E-state index in [1.54, 1.807) is 18.3 Å². The molecule has 0 aliphatic carbocycles. The Hall–Kier alpha value is -3.02. The van der Waals surface area contributed by atoms with E-state index in [1.807, 2.05) is 24.3 Å². The molecule has 0 bridgehead atoms. The molecule has 6 heteroatoms. The van der Waals surface area contributed by atoms with Crippen molar-refractivity contribution >= 4 is 16.7 Å². The first-order chi connectivity index (χ1) is 11.7. The minimum atomic E-state index is -0.271. The summed E-state index contributed by atoms with van der Waals surface area (Å²) in [5.41, 5.74) is 0.956. The van der Waals surface area contributed by atoms with E-state index in [1.165, 1.54) is 12.1 Å². The number of hydrogen-bond donors (Lipinski definition) is 1. The molecular formula is C18H16FN3O2. The molecule has 0 atom stereocenters. The highest BCUT2D eigenvalue weighted by Gasteiger charge is 2.07. The molecule has 0 fully saturated rings. The molecule has 122 valence electrons. The number of amides is 1. The summed E-state index contributed by atoms with van der Waals surface area (Å²) in [5.74, 6) is -0.180. The van der Waals surface area contributed by atoms with Crippen molar-refractivity contribution in [2.45, 2.75) is 6.42 Å². The Morgan fingerprint density at radius 1 is 1.12 bits per heavy atom. The van der Waals surface area contributed by atoms with Crippen molar-refractivity contribution in [1.82, 2.24) is 15.5 Å². The van der Waals surface area contributed by atoms with Gasteiger partial charge in [-0.15, -0.1) is 5.10 Å². The molecule has 1 heterocycles. The molecule has 0 saturated heterocycles. The van der Waals surface area contributed by atoms with E-state index in [-0.39, 0.29) is 18.3 Å². The molecule has 0 unspecified atom stereocenters. The van der Waals surface area contributed by atoms with E-state index in [0.29, 0.717) is 18.8 Å². The van der Waals surface area contributed by atoms with Gasteiger partial charge in [0.05, 0.1) is 6.20 Å². The van der Waals surface area contributed by atoms with Gasteiger partial charge in [-0.1, -0.05) is 30.3 Å². The first-order valence-corrected chi connectivity index (χ1v) is 7.57. The normalized spacial score (nSPS) is 10.5. The van der Waals surface area contributed by atoms with Crippen LogP contribution in [-0.2, 0) is 11.2 Å². The third-order valence-electron chi connectivity index (χ3n) is 3.53. The number of aromatic nitrogens is 2. The largest absolute Gasteiger partial charge is 0.466 e. The van der Waals surface area contributed by atoms with Gasteiger partial charge in [0.15, 0.2) is 6.61 Å². The molecule has 3 rings (SSSR count). The van der Waals surface area contributed by atoms with E-state index in [4.69, 9.17) is 4.74 Å². The number of fused-ring (bicyclic) bond motifs is 1. The van der Waals surface area contributed by atoms with Gasteiger partial charge < -0.3 is 10.1 Å². The van der Waals surface area contributed by atoms with Crippen LogP contribution in [0.4, 0.5) is 4.39 Å². The number of halogens is 1. The zero-order chi connectivity index (χ0) is 16.8. The van der Waals surface area contributed by atoms with Gasteiger partial charge in [0, 0.05) is 17.3 Å². The number of nitrogens with zero attached hydrogens (tertiary/aromatic N) is 2. The number of carbonyl (C=O) groups excluding carboxylic acids is 1. The van der Waals surface area contributed by atoms with Crippen molar-refractivity contribution in [3.8, 4) is 5.88 Å². The molecule has 0 aliphatic heterocycles. The molecule has 1 N–H and O–H groups in total. The fraction of sp³-hybridized carbons (Fsp3) is 0.167. The number of ether oxygens (including phenoxy) is 1. The lowest BCUT2D eigenvalue weighted by Gasteiger charge is -2.08. The van der Waals surface area contributed by atoms with E-state index >= 15 is 0 Å². The first kappa shape index (κ1) is 15.9. The number of hydrogen-bond acceptors (Lipinski definition) is 4. The third-order valence-corrected chi connectivity index (χ3v) is 3.53. The summed E-state index contributed by atoms with van der Waals surface area (Å²) in [4.78, 5) is 11.9. The Labute approximate surface area is 138 Å². The Balaban J connectivity index is 1.49. The summed E-state index contributed by atoms with van der Waals surface area (Å²) >= 11 is 0. The average Bonchev–Trinajstić information content (AvgIpc) is 2.61. The first-order valence-electron chi connectivity index (χ1n) is 7.57. The number of nitrogens with one attached hydrogen (secondary N) is 1. The van der Waals surface area contributed by atoms with E-state index < -0.39 is 0 Å². The van der Waals surface area contributed by atoms with Gasteiger partial charge in [-0.2, -0.15) is 5.10 Å². The SMILES string of the molecule is O=C(COc1nncc2ccccc12)NCCc1ccc(F)cc1. The van der Waals surface area contributed by atoms with Crippen molar-refractivity contribution in [1.29, 1.82) is 0 Å². The van der Waals surface area contributed by atoms with Crippen LogP contribution in [0.15, 0.2) is 54.7 Å². The van der Waals surface area contributed by atoms with Crippen molar-refractivity contribution < 1.29 is 13.9 Å². The van der Waals surface area contributed by atoms with Gasteiger partial charge in [0.2, 0.25) is 5.88 Å². The average molecular weight is 325 g/mol. The van der Waals surface area contributed by atoms with Crippen LogP contribution in [0.3, 0.4) is 0 Å². The predicted octanol–water partition coefficient (Wildman–Crippen LogP) is 2.51. The molecule has 0 saturated carbocycles. The monoisotopic (exact) mass is 325 g/mol. The van der Waals surface area contributed by atoms with Crippen LogP contribution in [0.5, 0.6) is 5.88 Å². The standard InChI is InChI=1S/C18H16FN3O2/c19-15-7-5-13(6-8-15)9-10-20-17(23)12-24-18-16-4-2-1-3-14(16)11-21-22-18/h1-8,11H,9-10,12H2,(H,20,23). The topological polar surface area (TPSA) is 64.1 Å². The van der Waals surface area contributed by atoms with Gasteiger partial charge in [0.1, 0.15) is 5.82 Å². The molecule has 24 heavy (non-hydrogen) atoms. The fourth-order valence-electron chi connectivity index (χ4n) is 2.29. The van der Waals surface area contributed by atoms with Crippen molar-refractivity contribution in [2.24, 2.45) is 0 Å². The fourth-order valence-corrected chi connectivity index (χ4v) is 2.29. The summed E-state index contributed by atoms with van der Waals surface area (Å²) in [6, 6.07) is 13.7. The van der Waals surface area contributed by atoms with Crippen LogP contribution in [0.1, 0.15) is 5.56 Å². The molecule has 5 nitrogen and oxygen atoms in total. The zero-order valence-electron chi connectivity index (χ0n) is 12.9. The van der Waals surface area contributed by atoms with Gasteiger partial charge in [-0.05, 0) is 30.2 Å². The molecule has 0 radical (unpaired) electrons. The number of rotatable bonds is 6. The van der Waals surface area contributed by atoms with Gasteiger partial charge >= 0.3 is 0 Å². The highest BCUT2D eigenvalue weighted by atomic mass is 19.1. The predicted molar refractivity (Wildman–Crippen MR) is 88.1 cm³/mol. The Bertz CT molecular complexity index is 832. The highest BCUT2D eigenvalue weighted by molar-refractivity contribution is 5.86.